The van der Waals surface area contributed by atoms with Crippen molar-refractivity contribution in [2.45, 2.75) is 20.3 Å². The number of amides is 1. The van der Waals surface area contributed by atoms with Crippen LogP contribution in [0.5, 0.6) is 5.75 Å². The number of benzene rings is 2. The number of hydrogen-bond donors (Lipinski definition) is 1. The lowest BCUT2D eigenvalue weighted by atomic mass is 10.1. The lowest BCUT2D eigenvalue weighted by Crippen LogP contribution is -2.11. The van der Waals surface area contributed by atoms with Gasteiger partial charge in [-0.2, -0.15) is 0 Å². The van der Waals surface area contributed by atoms with E-state index in [0.717, 1.165) is 34.5 Å². The van der Waals surface area contributed by atoms with Crippen LogP contribution < -0.4 is 10.1 Å². The van der Waals surface area contributed by atoms with Gasteiger partial charge in [-0.25, -0.2) is 0 Å². The standard InChI is InChI=1S/C19H21NO2/c1-4-16-9-5-7-14(2)19(16)20-18(21)12-11-15-8-6-10-17(13-15)22-3/h5-13H,4H2,1-3H3,(H,20,21)/b12-11+. The average molecular weight is 295 g/mol. The van der Waals surface area contributed by atoms with E-state index in [1.807, 2.05) is 49.4 Å². The third-order valence-corrected chi connectivity index (χ3v) is 3.51. The zero-order chi connectivity index (χ0) is 15.9. The van der Waals surface area contributed by atoms with E-state index in [1.165, 1.54) is 0 Å². The molecule has 114 valence electrons. The number of aryl methyl sites for hydroxylation is 2. The molecule has 2 aromatic carbocycles. The second-order valence-electron chi connectivity index (χ2n) is 5.06. The third kappa shape index (κ3) is 3.98. The van der Waals surface area contributed by atoms with Gasteiger partial charge in [0.15, 0.2) is 0 Å². The number of carbonyl (C=O) groups is 1. The van der Waals surface area contributed by atoms with Crippen LogP contribution in [-0.2, 0) is 11.2 Å². The minimum absolute atomic E-state index is 0.133. The van der Waals surface area contributed by atoms with E-state index in [4.69, 9.17) is 4.74 Å². The van der Waals surface area contributed by atoms with Crippen molar-refractivity contribution in [3.8, 4) is 5.75 Å². The molecule has 0 radical (unpaired) electrons. The van der Waals surface area contributed by atoms with Gasteiger partial charge in [0, 0.05) is 11.8 Å². The van der Waals surface area contributed by atoms with E-state index in [2.05, 4.69) is 12.2 Å². The summed E-state index contributed by atoms with van der Waals surface area (Å²) >= 11 is 0. The Morgan fingerprint density at radius 1 is 1.23 bits per heavy atom. The quantitative estimate of drug-likeness (QED) is 0.839. The molecule has 2 aromatic rings. The molecule has 0 aliphatic carbocycles. The van der Waals surface area contributed by atoms with E-state index >= 15 is 0 Å². The predicted octanol–water partition coefficient (Wildman–Crippen LogP) is 4.22. The van der Waals surface area contributed by atoms with Crippen molar-refractivity contribution in [1.29, 1.82) is 0 Å². The van der Waals surface area contributed by atoms with Crippen LogP contribution in [0.2, 0.25) is 0 Å². The predicted molar refractivity (Wildman–Crippen MR) is 91.2 cm³/mol. The van der Waals surface area contributed by atoms with Crippen molar-refractivity contribution < 1.29 is 9.53 Å². The van der Waals surface area contributed by atoms with Crippen molar-refractivity contribution in [3.05, 3.63) is 65.2 Å². The second-order valence-corrected chi connectivity index (χ2v) is 5.06. The fraction of sp³-hybridized carbons (Fsp3) is 0.211. The van der Waals surface area contributed by atoms with Crippen LogP contribution in [-0.4, -0.2) is 13.0 Å². The first-order valence-electron chi connectivity index (χ1n) is 7.35. The molecule has 3 heteroatoms. The molecule has 0 heterocycles. The summed E-state index contributed by atoms with van der Waals surface area (Å²) in [7, 11) is 1.62. The van der Waals surface area contributed by atoms with E-state index in [0.29, 0.717) is 0 Å². The SMILES string of the molecule is CCc1cccc(C)c1NC(=O)/C=C/c1cccc(OC)c1. The number of ether oxygens (including phenoxy) is 1. The highest BCUT2D eigenvalue weighted by molar-refractivity contribution is 6.02. The molecule has 1 N–H and O–H groups in total. The Bertz CT molecular complexity index is 690. The maximum Gasteiger partial charge on any atom is 0.248 e. The Balaban J connectivity index is 2.11. The van der Waals surface area contributed by atoms with Crippen molar-refractivity contribution in [1.82, 2.24) is 0 Å². The van der Waals surface area contributed by atoms with Crippen molar-refractivity contribution in [2.75, 3.05) is 12.4 Å². The third-order valence-electron chi connectivity index (χ3n) is 3.51. The zero-order valence-electron chi connectivity index (χ0n) is 13.2. The van der Waals surface area contributed by atoms with Gasteiger partial charge in [0.1, 0.15) is 5.75 Å². The summed E-state index contributed by atoms with van der Waals surface area (Å²) in [5, 5.41) is 2.97. The summed E-state index contributed by atoms with van der Waals surface area (Å²) in [6, 6.07) is 13.6. The van der Waals surface area contributed by atoms with E-state index in [1.54, 1.807) is 19.3 Å². The van der Waals surface area contributed by atoms with Crippen LogP contribution >= 0.6 is 0 Å². The smallest absolute Gasteiger partial charge is 0.248 e. The average Bonchev–Trinajstić information content (AvgIpc) is 2.55. The summed E-state index contributed by atoms with van der Waals surface area (Å²) in [5.41, 5.74) is 4.05. The number of hydrogen-bond acceptors (Lipinski definition) is 2. The number of nitrogens with one attached hydrogen (secondary N) is 1. The Morgan fingerprint density at radius 3 is 2.73 bits per heavy atom. The molecular formula is C19H21NO2. The maximum absolute atomic E-state index is 12.1. The van der Waals surface area contributed by atoms with Crippen molar-refractivity contribution in [3.63, 3.8) is 0 Å². The molecule has 0 bridgehead atoms. The lowest BCUT2D eigenvalue weighted by Gasteiger charge is -2.11. The summed E-state index contributed by atoms with van der Waals surface area (Å²) < 4.78 is 5.17. The van der Waals surface area contributed by atoms with E-state index in [-0.39, 0.29) is 5.91 Å². The molecule has 2 rings (SSSR count). The molecule has 0 unspecified atom stereocenters. The topological polar surface area (TPSA) is 38.3 Å². The monoisotopic (exact) mass is 295 g/mol. The Morgan fingerprint density at radius 2 is 2.00 bits per heavy atom. The van der Waals surface area contributed by atoms with Crippen LogP contribution in [0, 0.1) is 6.92 Å². The van der Waals surface area contributed by atoms with Crippen molar-refractivity contribution >= 4 is 17.7 Å². The molecule has 0 aromatic heterocycles. The Hall–Kier alpha value is -2.55. The molecule has 3 nitrogen and oxygen atoms in total. The second kappa shape index (κ2) is 7.46. The van der Waals surface area contributed by atoms with Crippen molar-refractivity contribution in [2.24, 2.45) is 0 Å². The number of rotatable bonds is 5. The van der Waals surface area contributed by atoms with Crippen LogP contribution in [0.15, 0.2) is 48.5 Å². The molecule has 0 spiro atoms. The minimum atomic E-state index is -0.133. The summed E-state index contributed by atoms with van der Waals surface area (Å²) in [4.78, 5) is 12.1. The highest BCUT2D eigenvalue weighted by atomic mass is 16.5. The lowest BCUT2D eigenvalue weighted by molar-refractivity contribution is -0.111. The first-order valence-corrected chi connectivity index (χ1v) is 7.35. The summed E-state index contributed by atoms with van der Waals surface area (Å²) in [6.45, 7) is 4.08. The van der Waals surface area contributed by atoms with Crippen LogP contribution in [0.1, 0.15) is 23.6 Å². The van der Waals surface area contributed by atoms with Gasteiger partial charge in [-0.3, -0.25) is 4.79 Å². The van der Waals surface area contributed by atoms with Gasteiger partial charge in [0.05, 0.1) is 7.11 Å². The van der Waals surface area contributed by atoms with Gasteiger partial charge < -0.3 is 10.1 Å². The van der Waals surface area contributed by atoms with Crippen LogP contribution in [0.3, 0.4) is 0 Å². The molecule has 0 saturated heterocycles. The normalized spacial score (nSPS) is 10.7. The molecule has 0 atom stereocenters. The fourth-order valence-electron chi connectivity index (χ4n) is 2.28. The molecule has 0 fully saturated rings. The van der Waals surface area contributed by atoms with Gasteiger partial charge in [-0.15, -0.1) is 0 Å². The summed E-state index contributed by atoms with van der Waals surface area (Å²) in [5.74, 6) is 0.640. The zero-order valence-corrected chi connectivity index (χ0v) is 13.2. The molecule has 0 aliphatic rings. The minimum Gasteiger partial charge on any atom is -0.497 e. The van der Waals surface area contributed by atoms with Gasteiger partial charge in [0.25, 0.3) is 0 Å². The molecule has 1 amide bonds. The Kier molecular flexibility index (Phi) is 5.37. The van der Waals surface area contributed by atoms with Gasteiger partial charge >= 0.3 is 0 Å². The van der Waals surface area contributed by atoms with Crippen LogP contribution in [0.25, 0.3) is 6.08 Å². The summed E-state index contributed by atoms with van der Waals surface area (Å²) in [6.07, 6.45) is 4.21. The Labute approximate surface area is 131 Å². The van der Waals surface area contributed by atoms with Crippen LogP contribution in [0.4, 0.5) is 5.69 Å². The maximum atomic E-state index is 12.1. The number of carbonyl (C=O) groups excluding carboxylic acids is 1. The first-order chi connectivity index (χ1) is 10.6. The van der Waals surface area contributed by atoms with E-state index < -0.39 is 0 Å². The van der Waals surface area contributed by atoms with E-state index in [9.17, 15) is 4.79 Å². The van der Waals surface area contributed by atoms with Gasteiger partial charge in [-0.1, -0.05) is 37.3 Å². The van der Waals surface area contributed by atoms with Gasteiger partial charge in [-0.05, 0) is 48.2 Å². The molecule has 0 saturated carbocycles. The highest BCUT2D eigenvalue weighted by Crippen LogP contribution is 2.21. The van der Waals surface area contributed by atoms with Gasteiger partial charge in [0.2, 0.25) is 5.91 Å². The molecule has 0 aliphatic heterocycles. The molecule has 22 heavy (non-hydrogen) atoms. The highest BCUT2D eigenvalue weighted by Gasteiger charge is 2.06. The number of para-hydroxylation sites is 1. The first kappa shape index (κ1) is 15.8. The fourth-order valence-corrected chi connectivity index (χ4v) is 2.28. The molecular weight excluding hydrogens is 274 g/mol. The largest absolute Gasteiger partial charge is 0.497 e. The number of anilines is 1. The number of methoxy groups -OCH3 is 1.